The highest BCUT2D eigenvalue weighted by molar-refractivity contribution is 6.35. The predicted octanol–water partition coefficient (Wildman–Crippen LogP) is 2.81. The van der Waals surface area contributed by atoms with Crippen LogP contribution in [-0.4, -0.2) is 42.7 Å². The van der Waals surface area contributed by atoms with Crippen LogP contribution in [0.2, 0.25) is 10.0 Å². The molecule has 0 fully saturated rings. The highest BCUT2D eigenvalue weighted by atomic mass is 35.5. The molecule has 0 atom stereocenters. The molecule has 6 nitrogen and oxygen atoms in total. The second-order valence-electron chi connectivity index (χ2n) is 4.93. The fourth-order valence-corrected chi connectivity index (χ4v) is 2.46. The predicted molar refractivity (Wildman–Crippen MR) is 94.9 cm³/mol. The van der Waals surface area contributed by atoms with Gasteiger partial charge in [-0.3, -0.25) is 4.79 Å². The van der Waals surface area contributed by atoms with Crippen molar-refractivity contribution in [1.82, 2.24) is 15.3 Å². The Hall–Kier alpha value is -1.89. The number of nitrogens with one attached hydrogen (secondary N) is 2. The highest BCUT2D eigenvalue weighted by Crippen LogP contribution is 2.21. The van der Waals surface area contributed by atoms with Crippen molar-refractivity contribution in [2.45, 2.75) is 6.42 Å². The van der Waals surface area contributed by atoms with Gasteiger partial charge in [0.25, 0.3) is 5.91 Å². The van der Waals surface area contributed by atoms with Gasteiger partial charge in [0, 0.05) is 36.4 Å². The summed E-state index contributed by atoms with van der Waals surface area (Å²) in [4.78, 5) is 20.2. The number of nitrogens with zero attached hydrogens (tertiary/aromatic N) is 2. The lowest BCUT2D eigenvalue weighted by Gasteiger charge is -2.08. The van der Waals surface area contributed by atoms with E-state index in [1.807, 2.05) is 6.07 Å². The molecule has 1 amide bonds. The van der Waals surface area contributed by atoms with Crippen molar-refractivity contribution >= 4 is 35.1 Å². The van der Waals surface area contributed by atoms with Crippen LogP contribution in [0.1, 0.15) is 16.1 Å². The van der Waals surface area contributed by atoms with Gasteiger partial charge in [-0.2, -0.15) is 0 Å². The molecule has 128 valence electrons. The van der Waals surface area contributed by atoms with E-state index < -0.39 is 0 Å². The normalized spacial score (nSPS) is 10.5. The lowest BCUT2D eigenvalue weighted by atomic mass is 10.1. The van der Waals surface area contributed by atoms with Crippen molar-refractivity contribution < 1.29 is 9.53 Å². The zero-order valence-corrected chi connectivity index (χ0v) is 14.7. The van der Waals surface area contributed by atoms with Crippen LogP contribution >= 0.6 is 23.2 Å². The largest absolute Gasteiger partial charge is 0.383 e. The van der Waals surface area contributed by atoms with Crippen LogP contribution in [0, 0.1) is 0 Å². The Labute approximate surface area is 150 Å². The smallest absolute Gasteiger partial charge is 0.270 e. The SMILES string of the molecule is COCCNC(=O)c1ccnc(NCCc2ccc(Cl)cc2Cl)n1. The summed E-state index contributed by atoms with van der Waals surface area (Å²) >= 11 is 12.0. The minimum atomic E-state index is -0.266. The van der Waals surface area contributed by atoms with Gasteiger partial charge in [-0.15, -0.1) is 0 Å². The Bertz CT molecular complexity index is 698. The maximum Gasteiger partial charge on any atom is 0.270 e. The van der Waals surface area contributed by atoms with Gasteiger partial charge in [0.15, 0.2) is 0 Å². The molecule has 1 heterocycles. The van der Waals surface area contributed by atoms with Gasteiger partial charge in [-0.05, 0) is 30.2 Å². The average molecular weight is 369 g/mol. The van der Waals surface area contributed by atoms with Gasteiger partial charge in [0.2, 0.25) is 5.95 Å². The van der Waals surface area contributed by atoms with E-state index >= 15 is 0 Å². The van der Waals surface area contributed by atoms with E-state index in [0.29, 0.717) is 47.8 Å². The Kier molecular flexibility index (Phi) is 7.24. The molecule has 0 saturated heterocycles. The van der Waals surface area contributed by atoms with Gasteiger partial charge in [-0.1, -0.05) is 29.3 Å². The molecule has 0 aliphatic carbocycles. The van der Waals surface area contributed by atoms with Gasteiger partial charge in [-0.25, -0.2) is 9.97 Å². The quantitative estimate of drug-likeness (QED) is 0.700. The summed E-state index contributed by atoms with van der Waals surface area (Å²) < 4.78 is 4.89. The minimum Gasteiger partial charge on any atom is -0.383 e. The number of carbonyl (C=O) groups is 1. The zero-order valence-electron chi connectivity index (χ0n) is 13.2. The highest BCUT2D eigenvalue weighted by Gasteiger charge is 2.08. The van der Waals surface area contributed by atoms with E-state index in [4.69, 9.17) is 27.9 Å². The number of hydrogen-bond donors (Lipinski definition) is 2. The Morgan fingerprint density at radius 2 is 2.08 bits per heavy atom. The van der Waals surface area contributed by atoms with Gasteiger partial charge in [0.05, 0.1) is 6.61 Å². The Balaban J connectivity index is 1.88. The maximum atomic E-state index is 11.9. The molecular formula is C16H18Cl2N4O2. The Morgan fingerprint density at radius 1 is 1.25 bits per heavy atom. The maximum absolute atomic E-state index is 11.9. The number of rotatable bonds is 8. The van der Waals surface area contributed by atoms with Crippen molar-refractivity contribution in [2.24, 2.45) is 0 Å². The van der Waals surface area contributed by atoms with Crippen LogP contribution in [0.3, 0.4) is 0 Å². The molecule has 0 radical (unpaired) electrons. The summed E-state index contributed by atoms with van der Waals surface area (Å²) in [6.45, 7) is 1.46. The molecule has 0 unspecified atom stereocenters. The lowest BCUT2D eigenvalue weighted by molar-refractivity contribution is 0.0932. The third-order valence-electron chi connectivity index (χ3n) is 3.17. The Morgan fingerprint density at radius 3 is 2.83 bits per heavy atom. The summed E-state index contributed by atoms with van der Waals surface area (Å²) in [6.07, 6.45) is 2.22. The topological polar surface area (TPSA) is 76.1 Å². The van der Waals surface area contributed by atoms with Crippen molar-refractivity contribution in [1.29, 1.82) is 0 Å². The number of aromatic nitrogens is 2. The summed E-state index contributed by atoms with van der Waals surface area (Å²) in [5, 5.41) is 7.01. The van der Waals surface area contributed by atoms with Crippen LogP contribution in [0.5, 0.6) is 0 Å². The molecule has 1 aromatic carbocycles. The van der Waals surface area contributed by atoms with E-state index in [9.17, 15) is 4.79 Å². The molecule has 0 aliphatic rings. The standard InChI is InChI=1S/C16H18Cl2N4O2/c1-24-9-8-19-15(23)14-5-7-21-16(22-14)20-6-4-11-2-3-12(17)10-13(11)18/h2-3,5,7,10H,4,6,8-9H2,1H3,(H,19,23)(H,20,21,22). The number of halogens is 2. The summed E-state index contributed by atoms with van der Waals surface area (Å²) in [5.41, 5.74) is 1.27. The molecule has 2 N–H and O–H groups in total. The number of hydrogen-bond acceptors (Lipinski definition) is 5. The second-order valence-corrected chi connectivity index (χ2v) is 5.77. The first-order chi connectivity index (χ1) is 11.6. The summed E-state index contributed by atoms with van der Waals surface area (Å²) in [6, 6.07) is 6.94. The number of methoxy groups -OCH3 is 1. The molecule has 0 bridgehead atoms. The lowest BCUT2D eigenvalue weighted by Crippen LogP contribution is -2.28. The molecule has 2 rings (SSSR count). The average Bonchev–Trinajstić information content (AvgIpc) is 2.57. The van der Waals surface area contributed by atoms with E-state index in [-0.39, 0.29) is 5.91 Å². The minimum absolute atomic E-state index is 0.266. The van der Waals surface area contributed by atoms with Crippen LogP contribution in [0.25, 0.3) is 0 Å². The first kappa shape index (κ1) is 18.4. The monoisotopic (exact) mass is 368 g/mol. The van der Waals surface area contributed by atoms with Crippen molar-refractivity contribution in [2.75, 3.05) is 32.1 Å². The fraction of sp³-hybridized carbons (Fsp3) is 0.312. The second kappa shape index (κ2) is 9.42. The van der Waals surface area contributed by atoms with Crippen molar-refractivity contribution in [3.8, 4) is 0 Å². The molecule has 8 heteroatoms. The van der Waals surface area contributed by atoms with E-state index in [0.717, 1.165) is 5.56 Å². The molecule has 0 saturated carbocycles. The third-order valence-corrected chi connectivity index (χ3v) is 3.76. The molecule has 0 spiro atoms. The van der Waals surface area contributed by atoms with Crippen LogP contribution in [0.4, 0.5) is 5.95 Å². The van der Waals surface area contributed by atoms with E-state index in [1.165, 1.54) is 6.20 Å². The third kappa shape index (κ3) is 5.63. The first-order valence-electron chi connectivity index (χ1n) is 7.38. The van der Waals surface area contributed by atoms with Crippen LogP contribution in [-0.2, 0) is 11.2 Å². The number of carbonyl (C=O) groups excluding carboxylic acids is 1. The zero-order chi connectivity index (χ0) is 17.4. The molecule has 0 aliphatic heterocycles. The molecule has 2 aromatic rings. The van der Waals surface area contributed by atoms with Crippen LogP contribution < -0.4 is 10.6 Å². The summed E-state index contributed by atoms with van der Waals surface area (Å²) in [5.74, 6) is 0.123. The molecular weight excluding hydrogens is 351 g/mol. The number of ether oxygens (including phenoxy) is 1. The van der Waals surface area contributed by atoms with Gasteiger partial charge in [0.1, 0.15) is 5.69 Å². The van der Waals surface area contributed by atoms with Gasteiger partial charge >= 0.3 is 0 Å². The van der Waals surface area contributed by atoms with Crippen molar-refractivity contribution in [3.05, 3.63) is 51.8 Å². The number of benzene rings is 1. The van der Waals surface area contributed by atoms with E-state index in [1.54, 1.807) is 25.3 Å². The first-order valence-corrected chi connectivity index (χ1v) is 8.13. The molecule has 24 heavy (non-hydrogen) atoms. The summed E-state index contributed by atoms with van der Waals surface area (Å²) in [7, 11) is 1.58. The molecule has 1 aromatic heterocycles. The van der Waals surface area contributed by atoms with E-state index in [2.05, 4.69) is 20.6 Å². The van der Waals surface area contributed by atoms with Gasteiger partial charge < -0.3 is 15.4 Å². The fourth-order valence-electron chi connectivity index (χ4n) is 1.96. The van der Waals surface area contributed by atoms with Crippen LogP contribution in [0.15, 0.2) is 30.5 Å². The number of anilines is 1. The van der Waals surface area contributed by atoms with Crippen molar-refractivity contribution in [3.63, 3.8) is 0 Å². The number of amides is 1.